The second-order valence-electron chi connectivity index (χ2n) is 7.42. The molecule has 0 aliphatic heterocycles. The lowest BCUT2D eigenvalue weighted by molar-refractivity contribution is -0.116. The van der Waals surface area contributed by atoms with Crippen LogP contribution >= 0.6 is 0 Å². The lowest BCUT2D eigenvalue weighted by atomic mass is 9.83. The second-order valence-corrected chi connectivity index (χ2v) is 7.42. The average molecular weight is 383 g/mol. The summed E-state index contributed by atoms with van der Waals surface area (Å²) in [4.78, 5) is 12.5. The van der Waals surface area contributed by atoms with Gasteiger partial charge in [0.05, 0.1) is 19.9 Å². The molecule has 0 fully saturated rings. The summed E-state index contributed by atoms with van der Waals surface area (Å²) in [6, 6.07) is 14.2. The summed E-state index contributed by atoms with van der Waals surface area (Å²) in [5.41, 5.74) is 3.58. The Kier molecular flexibility index (Phi) is 6.93. The first-order valence-electron chi connectivity index (χ1n) is 9.93. The van der Waals surface area contributed by atoms with E-state index in [0.29, 0.717) is 29.5 Å². The molecule has 2 atom stereocenters. The molecular formula is C23H30N2O3. The minimum absolute atomic E-state index is 0.0347. The highest BCUT2D eigenvalue weighted by molar-refractivity contribution is 5.92. The largest absolute Gasteiger partial charge is 0.497 e. The Labute approximate surface area is 167 Å². The fourth-order valence-corrected chi connectivity index (χ4v) is 3.86. The molecule has 2 aromatic rings. The van der Waals surface area contributed by atoms with Crippen LogP contribution in [0.1, 0.15) is 43.2 Å². The Morgan fingerprint density at radius 2 is 2.00 bits per heavy atom. The molecule has 5 heteroatoms. The number of fused-ring (bicyclic) bond motifs is 1. The van der Waals surface area contributed by atoms with Gasteiger partial charge in [-0.3, -0.25) is 4.79 Å². The maximum atomic E-state index is 12.5. The number of hydrogen-bond donors (Lipinski definition) is 2. The van der Waals surface area contributed by atoms with Crippen LogP contribution in [0.3, 0.4) is 0 Å². The van der Waals surface area contributed by atoms with E-state index < -0.39 is 0 Å². The number of carbonyl (C=O) groups excluding carboxylic acids is 1. The van der Waals surface area contributed by atoms with Crippen molar-refractivity contribution in [2.24, 2.45) is 0 Å². The van der Waals surface area contributed by atoms with Gasteiger partial charge in [0.15, 0.2) is 0 Å². The van der Waals surface area contributed by atoms with Crippen molar-refractivity contribution in [3.05, 3.63) is 53.6 Å². The third-order valence-corrected chi connectivity index (χ3v) is 5.38. The zero-order valence-electron chi connectivity index (χ0n) is 17.0. The number of hydrogen-bond acceptors (Lipinski definition) is 4. The molecular weight excluding hydrogens is 352 g/mol. The highest BCUT2D eigenvalue weighted by Crippen LogP contribution is 2.31. The normalized spacial score (nSPS) is 16.8. The first-order valence-corrected chi connectivity index (χ1v) is 9.93. The second kappa shape index (κ2) is 9.60. The van der Waals surface area contributed by atoms with Crippen molar-refractivity contribution >= 4 is 11.6 Å². The van der Waals surface area contributed by atoms with E-state index in [9.17, 15) is 4.79 Å². The van der Waals surface area contributed by atoms with E-state index in [0.717, 1.165) is 6.54 Å². The molecule has 1 amide bonds. The topological polar surface area (TPSA) is 59.6 Å². The average Bonchev–Trinajstić information content (AvgIpc) is 2.72. The standard InChI is InChI=1S/C23H30N2O3/c1-16(24-15-18-9-6-8-17-7-4-5-10-20(17)18)13-23(26)25-21-12-11-19(27-2)14-22(21)28-3/h4-5,7,10-12,14,16,18,24H,6,8-9,13,15H2,1-3H3,(H,25,26). The van der Waals surface area contributed by atoms with E-state index in [-0.39, 0.29) is 11.9 Å². The molecule has 3 rings (SSSR count). The van der Waals surface area contributed by atoms with Gasteiger partial charge in [0.1, 0.15) is 11.5 Å². The summed E-state index contributed by atoms with van der Waals surface area (Å²) >= 11 is 0. The Bertz CT molecular complexity index is 806. The van der Waals surface area contributed by atoms with Crippen molar-refractivity contribution < 1.29 is 14.3 Å². The fourth-order valence-electron chi connectivity index (χ4n) is 3.86. The molecule has 0 spiro atoms. The number of amides is 1. The first kappa shape index (κ1) is 20.2. The molecule has 0 saturated carbocycles. The zero-order chi connectivity index (χ0) is 19.9. The molecule has 2 aromatic carbocycles. The van der Waals surface area contributed by atoms with Crippen LogP contribution in [0.5, 0.6) is 11.5 Å². The van der Waals surface area contributed by atoms with Crippen LogP contribution in [0.25, 0.3) is 0 Å². The summed E-state index contributed by atoms with van der Waals surface area (Å²) in [5, 5.41) is 6.48. The quantitative estimate of drug-likeness (QED) is 0.721. The van der Waals surface area contributed by atoms with E-state index in [4.69, 9.17) is 9.47 Å². The maximum absolute atomic E-state index is 12.5. The van der Waals surface area contributed by atoms with Gasteiger partial charge in [-0.2, -0.15) is 0 Å². The highest BCUT2D eigenvalue weighted by atomic mass is 16.5. The summed E-state index contributed by atoms with van der Waals surface area (Å²) < 4.78 is 10.5. The zero-order valence-corrected chi connectivity index (χ0v) is 17.0. The molecule has 0 heterocycles. The van der Waals surface area contributed by atoms with Crippen LogP contribution in [-0.2, 0) is 11.2 Å². The van der Waals surface area contributed by atoms with Crippen molar-refractivity contribution in [1.29, 1.82) is 0 Å². The molecule has 0 saturated heterocycles. The predicted molar refractivity (Wildman–Crippen MR) is 112 cm³/mol. The molecule has 28 heavy (non-hydrogen) atoms. The van der Waals surface area contributed by atoms with Crippen molar-refractivity contribution in [3.8, 4) is 11.5 Å². The van der Waals surface area contributed by atoms with E-state index in [1.54, 1.807) is 32.4 Å². The monoisotopic (exact) mass is 382 g/mol. The molecule has 0 radical (unpaired) electrons. The van der Waals surface area contributed by atoms with Crippen LogP contribution in [0.2, 0.25) is 0 Å². The summed E-state index contributed by atoms with van der Waals surface area (Å²) in [5.74, 6) is 1.77. The molecule has 0 aromatic heterocycles. The Balaban J connectivity index is 1.51. The Morgan fingerprint density at radius 3 is 2.79 bits per heavy atom. The summed E-state index contributed by atoms with van der Waals surface area (Å²) in [6.07, 6.45) is 4.01. The summed E-state index contributed by atoms with van der Waals surface area (Å²) in [6.45, 7) is 2.96. The van der Waals surface area contributed by atoms with Crippen molar-refractivity contribution in [2.45, 2.75) is 44.6 Å². The number of ether oxygens (including phenoxy) is 2. The molecule has 1 aliphatic carbocycles. The van der Waals surface area contributed by atoms with Crippen LogP contribution in [0, 0.1) is 0 Å². The SMILES string of the molecule is COc1ccc(NC(=O)CC(C)NCC2CCCc3ccccc32)c(OC)c1. The predicted octanol–water partition coefficient (Wildman–Crippen LogP) is 4.13. The Hall–Kier alpha value is -2.53. The van der Waals surface area contributed by atoms with Crippen LogP contribution in [0.4, 0.5) is 5.69 Å². The molecule has 1 aliphatic rings. The maximum Gasteiger partial charge on any atom is 0.226 e. The lowest BCUT2D eigenvalue weighted by Crippen LogP contribution is -2.34. The smallest absolute Gasteiger partial charge is 0.226 e. The number of benzene rings is 2. The minimum Gasteiger partial charge on any atom is -0.497 e. The fraction of sp³-hybridized carbons (Fsp3) is 0.435. The van der Waals surface area contributed by atoms with Crippen LogP contribution in [-0.4, -0.2) is 32.7 Å². The number of nitrogens with one attached hydrogen (secondary N) is 2. The van der Waals surface area contributed by atoms with Gasteiger partial charge >= 0.3 is 0 Å². The number of aryl methyl sites for hydroxylation is 1. The molecule has 2 N–H and O–H groups in total. The van der Waals surface area contributed by atoms with Gasteiger partial charge in [-0.05, 0) is 55.4 Å². The number of anilines is 1. The van der Waals surface area contributed by atoms with Crippen molar-refractivity contribution in [1.82, 2.24) is 5.32 Å². The van der Waals surface area contributed by atoms with Crippen molar-refractivity contribution in [3.63, 3.8) is 0 Å². The van der Waals surface area contributed by atoms with E-state index in [1.165, 1.54) is 30.4 Å². The summed E-state index contributed by atoms with van der Waals surface area (Å²) in [7, 11) is 3.18. The van der Waals surface area contributed by atoms with Gasteiger partial charge < -0.3 is 20.1 Å². The van der Waals surface area contributed by atoms with Gasteiger partial charge in [-0.1, -0.05) is 24.3 Å². The molecule has 2 unspecified atom stereocenters. The number of carbonyl (C=O) groups is 1. The molecule has 150 valence electrons. The lowest BCUT2D eigenvalue weighted by Gasteiger charge is -2.27. The van der Waals surface area contributed by atoms with E-state index in [1.807, 2.05) is 0 Å². The number of rotatable bonds is 8. The van der Waals surface area contributed by atoms with Gasteiger partial charge in [-0.25, -0.2) is 0 Å². The first-order chi connectivity index (χ1) is 13.6. The van der Waals surface area contributed by atoms with Gasteiger partial charge in [-0.15, -0.1) is 0 Å². The Morgan fingerprint density at radius 1 is 1.18 bits per heavy atom. The van der Waals surface area contributed by atoms with Crippen LogP contribution < -0.4 is 20.1 Å². The third kappa shape index (κ3) is 5.04. The van der Waals surface area contributed by atoms with Gasteiger partial charge in [0, 0.05) is 25.1 Å². The minimum atomic E-state index is -0.0347. The van der Waals surface area contributed by atoms with Gasteiger partial charge in [0.25, 0.3) is 0 Å². The highest BCUT2D eigenvalue weighted by Gasteiger charge is 2.20. The third-order valence-electron chi connectivity index (χ3n) is 5.38. The number of methoxy groups -OCH3 is 2. The van der Waals surface area contributed by atoms with E-state index >= 15 is 0 Å². The molecule has 0 bridgehead atoms. The van der Waals surface area contributed by atoms with Crippen LogP contribution in [0.15, 0.2) is 42.5 Å². The molecule has 5 nitrogen and oxygen atoms in total. The van der Waals surface area contributed by atoms with Gasteiger partial charge in [0.2, 0.25) is 5.91 Å². The van der Waals surface area contributed by atoms with Crippen molar-refractivity contribution in [2.75, 3.05) is 26.1 Å². The van der Waals surface area contributed by atoms with E-state index in [2.05, 4.69) is 41.8 Å².